The Morgan fingerprint density at radius 1 is 1.19 bits per heavy atom. The third-order valence-corrected chi connectivity index (χ3v) is 4.85. The van der Waals surface area contributed by atoms with E-state index < -0.39 is 0 Å². The fourth-order valence-corrected chi connectivity index (χ4v) is 3.44. The molecule has 1 aromatic carbocycles. The van der Waals surface area contributed by atoms with Crippen LogP contribution in [-0.4, -0.2) is 37.6 Å². The summed E-state index contributed by atoms with van der Waals surface area (Å²) in [5.74, 6) is 0.539. The van der Waals surface area contributed by atoms with E-state index in [2.05, 4.69) is 51.2 Å². The number of hydrogen-bond donors (Lipinski definition) is 1. The number of benzene rings is 1. The van der Waals surface area contributed by atoms with E-state index in [4.69, 9.17) is 4.74 Å². The Morgan fingerprint density at radius 2 is 1.81 bits per heavy atom. The van der Waals surface area contributed by atoms with Crippen LogP contribution in [0, 0.1) is 0 Å². The summed E-state index contributed by atoms with van der Waals surface area (Å²) >= 11 is 0. The molecular formula is C21H32N2O3. The van der Waals surface area contributed by atoms with Gasteiger partial charge in [0.2, 0.25) is 11.8 Å². The summed E-state index contributed by atoms with van der Waals surface area (Å²) in [5, 5.41) is 2.92. The number of anilines is 1. The van der Waals surface area contributed by atoms with E-state index in [1.807, 2.05) is 0 Å². The van der Waals surface area contributed by atoms with Gasteiger partial charge in [0.1, 0.15) is 6.10 Å². The number of carbonyl (C=O) groups excluding carboxylic acids is 2. The van der Waals surface area contributed by atoms with Crippen molar-refractivity contribution in [3.63, 3.8) is 0 Å². The molecular weight excluding hydrogens is 328 g/mol. The van der Waals surface area contributed by atoms with Gasteiger partial charge in [0.25, 0.3) is 0 Å². The second-order valence-electron chi connectivity index (χ2n) is 7.56. The second-order valence-corrected chi connectivity index (χ2v) is 7.56. The minimum atomic E-state index is -0.338. The molecule has 2 amide bonds. The average Bonchev–Trinajstić information content (AvgIpc) is 3.12. The monoisotopic (exact) mass is 360 g/mol. The molecule has 26 heavy (non-hydrogen) atoms. The Morgan fingerprint density at radius 3 is 2.27 bits per heavy atom. The third kappa shape index (κ3) is 4.85. The molecule has 0 aromatic heterocycles. The normalized spacial score (nSPS) is 17.0. The lowest BCUT2D eigenvalue weighted by Gasteiger charge is -2.29. The molecule has 0 radical (unpaired) electrons. The molecule has 144 valence electrons. The van der Waals surface area contributed by atoms with Crippen molar-refractivity contribution >= 4 is 17.5 Å². The molecule has 1 unspecified atom stereocenters. The summed E-state index contributed by atoms with van der Waals surface area (Å²) in [6.45, 7) is 11.7. The maximum absolute atomic E-state index is 12.4. The fourth-order valence-electron chi connectivity index (χ4n) is 3.44. The van der Waals surface area contributed by atoms with Crippen molar-refractivity contribution in [1.29, 1.82) is 0 Å². The zero-order valence-electron chi connectivity index (χ0n) is 16.7. The number of ether oxygens (including phenoxy) is 1. The Labute approximate surface area is 157 Å². The molecule has 2 rings (SSSR count). The van der Waals surface area contributed by atoms with E-state index in [0.717, 1.165) is 29.7 Å². The highest BCUT2D eigenvalue weighted by molar-refractivity contribution is 5.93. The zero-order valence-corrected chi connectivity index (χ0v) is 16.7. The minimum Gasteiger partial charge on any atom is -0.368 e. The van der Waals surface area contributed by atoms with Gasteiger partial charge in [0.15, 0.2) is 0 Å². The van der Waals surface area contributed by atoms with E-state index in [-0.39, 0.29) is 17.9 Å². The van der Waals surface area contributed by atoms with Crippen molar-refractivity contribution in [2.45, 2.75) is 65.4 Å². The van der Waals surface area contributed by atoms with Gasteiger partial charge in [-0.25, -0.2) is 0 Å². The molecule has 1 aliphatic rings. The van der Waals surface area contributed by atoms with Gasteiger partial charge in [0.05, 0.1) is 5.69 Å². The van der Waals surface area contributed by atoms with Gasteiger partial charge < -0.3 is 15.0 Å². The van der Waals surface area contributed by atoms with Crippen molar-refractivity contribution in [2.75, 3.05) is 24.6 Å². The van der Waals surface area contributed by atoms with Gasteiger partial charge in [0, 0.05) is 26.6 Å². The van der Waals surface area contributed by atoms with Crippen molar-refractivity contribution < 1.29 is 14.3 Å². The largest absolute Gasteiger partial charge is 0.368 e. The predicted molar refractivity (Wildman–Crippen MR) is 105 cm³/mol. The minimum absolute atomic E-state index is 0.00800. The van der Waals surface area contributed by atoms with Gasteiger partial charge in [-0.15, -0.1) is 0 Å². The van der Waals surface area contributed by atoms with Crippen molar-refractivity contribution in [3.05, 3.63) is 29.3 Å². The molecule has 1 aliphatic heterocycles. The van der Waals surface area contributed by atoms with Crippen molar-refractivity contribution in [3.8, 4) is 0 Å². The fraction of sp³-hybridized carbons (Fsp3) is 0.619. The Hall–Kier alpha value is -1.88. The van der Waals surface area contributed by atoms with Crippen LogP contribution in [0.3, 0.4) is 0 Å². The van der Waals surface area contributed by atoms with E-state index in [0.29, 0.717) is 31.5 Å². The van der Waals surface area contributed by atoms with Crippen molar-refractivity contribution in [2.24, 2.45) is 0 Å². The number of carbonyl (C=O) groups is 2. The number of para-hydroxylation sites is 1. The number of rotatable bonds is 7. The highest BCUT2D eigenvalue weighted by Crippen LogP contribution is 2.35. The molecule has 5 heteroatoms. The molecule has 0 spiro atoms. The van der Waals surface area contributed by atoms with Gasteiger partial charge in [-0.3, -0.25) is 9.59 Å². The average molecular weight is 360 g/mol. The first-order chi connectivity index (χ1) is 12.3. The highest BCUT2D eigenvalue weighted by atomic mass is 16.5. The lowest BCUT2D eigenvalue weighted by atomic mass is 9.92. The van der Waals surface area contributed by atoms with Crippen LogP contribution in [-0.2, 0) is 14.3 Å². The van der Waals surface area contributed by atoms with E-state index in [1.54, 1.807) is 11.8 Å². The first-order valence-corrected chi connectivity index (χ1v) is 9.63. The topological polar surface area (TPSA) is 58.6 Å². The summed E-state index contributed by atoms with van der Waals surface area (Å²) in [7, 11) is 0. The molecule has 5 nitrogen and oxygen atoms in total. The molecule has 1 N–H and O–H groups in total. The SMILES string of the molecule is CC(=O)N(CCNC(=O)C1CCCO1)c1c(C(C)C)cccc1C(C)C. The number of amides is 2. The van der Waals surface area contributed by atoms with Crippen LogP contribution in [0.15, 0.2) is 18.2 Å². The van der Waals surface area contributed by atoms with Gasteiger partial charge in [-0.1, -0.05) is 45.9 Å². The molecule has 1 heterocycles. The summed E-state index contributed by atoms with van der Waals surface area (Å²) < 4.78 is 5.41. The third-order valence-electron chi connectivity index (χ3n) is 4.85. The molecule has 1 saturated heterocycles. The lowest BCUT2D eigenvalue weighted by Crippen LogP contribution is -2.41. The summed E-state index contributed by atoms with van der Waals surface area (Å²) in [5.41, 5.74) is 3.32. The molecule has 1 fully saturated rings. The first kappa shape index (κ1) is 20.4. The van der Waals surface area contributed by atoms with Crippen molar-refractivity contribution in [1.82, 2.24) is 5.32 Å². The van der Waals surface area contributed by atoms with Crippen LogP contribution < -0.4 is 10.2 Å². The van der Waals surface area contributed by atoms with Gasteiger partial charge in [-0.2, -0.15) is 0 Å². The first-order valence-electron chi connectivity index (χ1n) is 9.63. The standard InChI is InChI=1S/C21H32N2O3/c1-14(2)17-8-6-9-18(15(3)4)20(17)23(16(5)24)12-11-22-21(25)19-10-7-13-26-19/h6,8-9,14-15,19H,7,10-13H2,1-5H3,(H,22,25). The predicted octanol–water partition coefficient (Wildman–Crippen LogP) is 3.58. The molecule has 0 aliphatic carbocycles. The van der Waals surface area contributed by atoms with E-state index in [9.17, 15) is 9.59 Å². The quantitative estimate of drug-likeness (QED) is 0.808. The summed E-state index contributed by atoms with van der Waals surface area (Å²) in [4.78, 5) is 26.4. The molecule has 1 atom stereocenters. The smallest absolute Gasteiger partial charge is 0.249 e. The van der Waals surface area contributed by atoms with Crippen LogP contribution in [0.5, 0.6) is 0 Å². The Bertz CT molecular complexity index is 608. The maximum atomic E-state index is 12.4. The van der Waals surface area contributed by atoms with Crippen LogP contribution >= 0.6 is 0 Å². The molecule has 1 aromatic rings. The molecule has 0 bridgehead atoms. The lowest BCUT2D eigenvalue weighted by molar-refractivity contribution is -0.130. The van der Waals surface area contributed by atoms with Gasteiger partial charge in [-0.05, 0) is 35.8 Å². The highest BCUT2D eigenvalue weighted by Gasteiger charge is 2.25. The van der Waals surface area contributed by atoms with Crippen LogP contribution in [0.1, 0.15) is 70.4 Å². The molecule has 0 saturated carbocycles. The van der Waals surface area contributed by atoms with Crippen LogP contribution in [0.2, 0.25) is 0 Å². The van der Waals surface area contributed by atoms with E-state index in [1.165, 1.54) is 0 Å². The van der Waals surface area contributed by atoms with Crippen LogP contribution in [0.25, 0.3) is 0 Å². The zero-order chi connectivity index (χ0) is 19.3. The maximum Gasteiger partial charge on any atom is 0.249 e. The van der Waals surface area contributed by atoms with Crippen LogP contribution in [0.4, 0.5) is 5.69 Å². The number of nitrogens with one attached hydrogen (secondary N) is 1. The second kappa shape index (κ2) is 9.17. The Kier molecular flexibility index (Phi) is 7.21. The summed E-state index contributed by atoms with van der Waals surface area (Å²) in [6.07, 6.45) is 1.36. The number of hydrogen-bond acceptors (Lipinski definition) is 3. The summed E-state index contributed by atoms with van der Waals surface area (Å²) in [6, 6.07) is 6.24. The van der Waals surface area contributed by atoms with Gasteiger partial charge >= 0.3 is 0 Å². The number of nitrogens with zero attached hydrogens (tertiary/aromatic N) is 1. The van der Waals surface area contributed by atoms with E-state index >= 15 is 0 Å². The Balaban J connectivity index is 2.18.